The van der Waals surface area contributed by atoms with Crippen molar-refractivity contribution in [1.82, 2.24) is 5.32 Å². The Labute approximate surface area is 181 Å². The highest BCUT2D eigenvalue weighted by Crippen LogP contribution is 2.28. The third-order valence-electron chi connectivity index (χ3n) is 5.13. The molecule has 0 unspecified atom stereocenters. The molecule has 0 radical (unpaired) electrons. The molecule has 0 spiro atoms. The molecule has 0 aliphatic carbocycles. The van der Waals surface area contributed by atoms with Crippen molar-refractivity contribution in [3.05, 3.63) is 65.2 Å². The average Bonchev–Trinajstić information content (AvgIpc) is 2.69. The lowest BCUT2D eigenvalue weighted by molar-refractivity contribution is -0.119. The fourth-order valence-electron chi connectivity index (χ4n) is 3.36. The standard InChI is InChI=1S/C24H34N2O3S/c1-18(2)21-14-12-20(13-15-21)9-8-16-25-24(27)17-26(30(5,28)29)23-11-7-6-10-22(23)19(3)4/h6-7,10-15,18-19H,8-9,16-17H2,1-5H3,(H,25,27). The normalized spacial score (nSPS) is 11.7. The molecule has 0 heterocycles. The number of nitrogens with one attached hydrogen (secondary N) is 1. The summed E-state index contributed by atoms with van der Waals surface area (Å²) in [5.41, 5.74) is 4.02. The number of para-hydroxylation sites is 1. The van der Waals surface area contributed by atoms with E-state index in [1.54, 1.807) is 12.1 Å². The highest BCUT2D eigenvalue weighted by Gasteiger charge is 2.23. The Morgan fingerprint density at radius 2 is 1.60 bits per heavy atom. The summed E-state index contributed by atoms with van der Waals surface area (Å²) in [6.45, 7) is 8.65. The first-order valence-electron chi connectivity index (χ1n) is 10.5. The lowest BCUT2D eigenvalue weighted by atomic mass is 10.0. The maximum atomic E-state index is 12.5. The van der Waals surface area contributed by atoms with E-state index in [0.29, 0.717) is 18.2 Å². The van der Waals surface area contributed by atoms with E-state index < -0.39 is 10.0 Å². The summed E-state index contributed by atoms with van der Waals surface area (Å²) in [6, 6.07) is 15.9. The predicted molar refractivity (Wildman–Crippen MR) is 125 cm³/mol. The number of nitrogens with zero attached hydrogens (tertiary/aromatic N) is 1. The van der Waals surface area contributed by atoms with Gasteiger partial charge in [-0.25, -0.2) is 8.42 Å². The number of hydrogen-bond acceptors (Lipinski definition) is 3. The highest BCUT2D eigenvalue weighted by molar-refractivity contribution is 7.92. The minimum atomic E-state index is -3.58. The summed E-state index contributed by atoms with van der Waals surface area (Å²) in [5.74, 6) is 0.363. The molecular weight excluding hydrogens is 396 g/mol. The lowest BCUT2D eigenvalue weighted by Crippen LogP contribution is -2.41. The smallest absolute Gasteiger partial charge is 0.240 e. The molecule has 6 heteroatoms. The fraction of sp³-hybridized carbons (Fsp3) is 0.458. The van der Waals surface area contributed by atoms with Gasteiger partial charge >= 0.3 is 0 Å². The van der Waals surface area contributed by atoms with Gasteiger partial charge in [0.05, 0.1) is 11.9 Å². The molecule has 0 atom stereocenters. The zero-order valence-corrected chi connectivity index (χ0v) is 19.5. The maximum absolute atomic E-state index is 12.5. The van der Waals surface area contributed by atoms with Crippen LogP contribution in [0.1, 0.15) is 62.6 Å². The van der Waals surface area contributed by atoms with E-state index >= 15 is 0 Å². The Morgan fingerprint density at radius 1 is 0.967 bits per heavy atom. The van der Waals surface area contributed by atoms with Crippen molar-refractivity contribution in [2.45, 2.75) is 52.4 Å². The Balaban J connectivity index is 1.94. The number of amides is 1. The van der Waals surface area contributed by atoms with Gasteiger partial charge in [0.1, 0.15) is 6.54 Å². The minimum Gasteiger partial charge on any atom is -0.355 e. The van der Waals surface area contributed by atoms with Crippen LogP contribution < -0.4 is 9.62 Å². The summed E-state index contributed by atoms with van der Waals surface area (Å²) in [4.78, 5) is 12.5. The predicted octanol–water partition coefficient (Wildman–Crippen LogP) is 4.45. The van der Waals surface area contributed by atoms with Crippen molar-refractivity contribution in [3.8, 4) is 0 Å². The molecule has 164 valence electrons. The molecule has 0 aliphatic heterocycles. The Hall–Kier alpha value is -2.34. The van der Waals surface area contributed by atoms with Gasteiger partial charge < -0.3 is 5.32 Å². The fourth-order valence-corrected chi connectivity index (χ4v) is 4.24. The van der Waals surface area contributed by atoms with Crippen molar-refractivity contribution in [2.24, 2.45) is 0 Å². The second-order valence-electron chi connectivity index (χ2n) is 8.33. The second kappa shape index (κ2) is 10.6. The van der Waals surface area contributed by atoms with Crippen molar-refractivity contribution in [3.63, 3.8) is 0 Å². The van der Waals surface area contributed by atoms with Crippen LogP contribution in [0.4, 0.5) is 5.69 Å². The molecule has 2 aromatic rings. The van der Waals surface area contributed by atoms with Crippen LogP contribution in [0.5, 0.6) is 0 Å². The van der Waals surface area contributed by atoms with Crippen LogP contribution in [0.25, 0.3) is 0 Å². The van der Waals surface area contributed by atoms with Gasteiger partial charge in [-0.1, -0.05) is 70.2 Å². The van der Waals surface area contributed by atoms with Crippen LogP contribution in [0, 0.1) is 0 Å². The summed E-state index contributed by atoms with van der Waals surface area (Å²) in [7, 11) is -3.58. The first-order valence-corrected chi connectivity index (χ1v) is 12.4. The zero-order valence-electron chi connectivity index (χ0n) is 18.7. The van der Waals surface area contributed by atoms with Gasteiger partial charge in [0.15, 0.2) is 0 Å². The SMILES string of the molecule is CC(C)c1ccc(CCCNC(=O)CN(c2ccccc2C(C)C)S(C)(=O)=O)cc1. The van der Waals surface area contributed by atoms with E-state index in [0.717, 1.165) is 24.7 Å². The number of carbonyl (C=O) groups is 1. The van der Waals surface area contributed by atoms with Crippen LogP contribution in [-0.4, -0.2) is 33.7 Å². The van der Waals surface area contributed by atoms with E-state index in [2.05, 4.69) is 43.4 Å². The Kier molecular flexibility index (Phi) is 8.47. The van der Waals surface area contributed by atoms with E-state index in [-0.39, 0.29) is 18.4 Å². The molecule has 0 saturated heterocycles. The molecule has 2 rings (SSSR count). The molecule has 1 amide bonds. The first kappa shape index (κ1) is 23.9. The molecule has 0 fully saturated rings. The van der Waals surface area contributed by atoms with Crippen LogP contribution in [0.2, 0.25) is 0 Å². The zero-order chi connectivity index (χ0) is 22.3. The Morgan fingerprint density at radius 3 is 2.17 bits per heavy atom. The largest absolute Gasteiger partial charge is 0.355 e. The number of carbonyl (C=O) groups excluding carboxylic acids is 1. The van der Waals surface area contributed by atoms with Crippen LogP contribution in [0.15, 0.2) is 48.5 Å². The van der Waals surface area contributed by atoms with Gasteiger partial charge in [0.25, 0.3) is 0 Å². The quantitative estimate of drug-likeness (QED) is 0.566. The number of sulfonamides is 1. The summed E-state index contributed by atoms with van der Waals surface area (Å²) in [6.07, 6.45) is 2.80. The van der Waals surface area contributed by atoms with Gasteiger partial charge in [0.2, 0.25) is 15.9 Å². The van der Waals surface area contributed by atoms with E-state index in [4.69, 9.17) is 0 Å². The van der Waals surface area contributed by atoms with Crippen molar-refractivity contribution in [1.29, 1.82) is 0 Å². The monoisotopic (exact) mass is 430 g/mol. The van der Waals surface area contributed by atoms with Gasteiger partial charge in [-0.05, 0) is 47.4 Å². The highest BCUT2D eigenvalue weighted by atomic mass is 32.2. The van der Waals surface area contributed by atoms with Crippen molar-refractivity contribution >= 4 is 21.6 Å². The van der Waals surface area contributed by atoms with Gasteiger partial charge in [0, 0.05) is 6.54 Å². The molecule has 0 bridgehead atoms. The van der Waals surface area contributed by atoms with Gasteiger partial charge in [-0.2, -0.15) is 0 Å². The van der Waals surface area contributed by atoms with Gasteiger partial charge in [-0.3, -0.25) is 9.10 Å². The van der Waals surface area contributed by atoms with Crippen LogP contribution in [0.3, 0.4) is 0 Å². The second-order valence-corrected chi connectivity index (χ2v) is 10.2. The van der Waals surface area contributed by atoms with E-state index in [9.17, 15) is 13.2 Å². The summed E-state index contributed by atoms with van der Waals surface area (Å²) in [5, 5.41) is 2.86. The molecule has 0 aromatic heterocycles. The molecule has 30 heavy (non-hydrogen) atoms. The van der Waals surface area contributed by atoms with Gasteiger partial charge in [-0.15, -0.1) is 0 Å². The number of benzene rings is 2. The number of rotatable bonds is 10. The van der Waals surface area contributed by atoms with Crippen LogP contribution >= 0.6 is 0 Å². The minimum absolute atomic E-state index is 0.149. The van der Waals surface area contributed by atoms with Crippen LogP contribution in [-0.2, 0) is 21.2 Å². The molecule has 1 N–H and O–H groups in total. The third kappa shape index (κ3) is 6.87. The summed E-state index contributed by atoms with van der Waals surface area (Å²) < 4.78 is 26.0. The topological polar surface area (TPSA) is 66.5 Å². The first-order chi connectivity index (χ1) is 14.1. The Bertz CT molecular complexity index is 935. The number of aryl methyl sites for hydroxylation is 1. The number of hydrogen-bond donors (Lipinski definition) is 1. The third-order valence-corrected chi connectivity index (χ3v) is 6.25. The van der Waals surface area contributed by atoms with E-state index in [1.807, 2.05) is 26.0 Å². The number of anilines is 1. The summed E-state index contributed by atoms with van der Waals surface area (Å²) >= 11 is 0. The van der Waals surface area contributed by atoms with E-state index in [1.165, 1.54) is 15.4 Å². The molecule has 0 saturated carbocycles. The molecule has 2 aromatic carbocycles. The maximum Gasteiger partial charge on any atom is 0.240 e. The average molecular weight is 431 g/mol. The van der Waals surface area contributed by atoms with Crippen molar-refractivity contribution in [2.75, 3.05) is 23.7 Å². The van der Waals surface area contributed by atoms with Crippen molar-refractivity contribution < 1.29 is 13.2 Å². The molecule has 0 aliphatic rings. The lowest BCUT2D eigenvalue weighted by Gasteiger charge is -2.25. The molecular formula is C24H34N2O3S. The molecule has 5 nitrogen and oxygen atoms in total.